The maximum absolute atomic E-state index is 12.1. The van der Waals surface area contributed by atoms with Gasteiger partial charge in [-0.25, -0.2) is 9.97 Å². The molecule has 1 amide bonds. The van der Waals surface area contributed by atoms with E-state index in [0.717, 1.165) is 31.6 Å². The largest absolute Gasteiger partial charge is 0.315 e. The molecule has 0 fully saturated rings. The third-order valence-electron chi connectivity index (χ3n) is 3.59. The summed E-state index contributed by atoms with van der Waals surface area (Å²) < 4.78 is 2.03. The second kappa shape index (κ2) is 5.51. The summed E-state index contributed by atoms with van der Waals surface area (Å²) in [7, 11) is 0. The van der Waals surface area contributed by atoms with Gasteiger partial charge in [0.2, 0.25) is 5.91 Å². The van der Waals surface area contributed by atoms with Crippen molar-refractivity contribution in [3.8, 4) is 0 Å². The van der Waals surface area contributed by atoms with E-state index in [9.17, 15) is 9.59 Å². The number of rotatable bonds is 3. The van der Waals surface area contributed by atoms with Crippen LogP contribution < -0.4 is 10.9 Å². The minimum absolute atomic E-state index is 0.00310. The van der Waals surface area contributed by atoms with Gasteiger partial charge in [-0.1, -0.05) is 0 Å². The van der Waals surface area contributed by atoms with Crippen molar-refractivity contribution in [2.24, 2.45) is 0 Å². The summed E-state index contributed by atoms with van der Waals surface area (Å²) in [5, 5.41) is 2.82. The van der Waals surface area contributed by atoms with Gasteiger partial charge in [0.15, 0.2) is 0 Å². The van der Waals surface area contributed by atoms with Gasteiger partial charge in [-0.15, -0.1) is 0 Å². The van der Waals surface area contributed by atoms with Gasteiger partial charge in [0, 0.05) is 24.7 Å². The highest BCUT2D eigenvalue weighted by Gasteiger charge is 2.16. The molecule has 2 N–H and O–H groups in total. The number of H-pyrrole nitrogens is 1. The lowest BCUT2D eigenvalue weighted by Crippen LogP contribution is -2.23. The number of aryl methyl sites for hydroxylation is 2. The number of carbonyl (C=O) groups is 1. The van der Waals surface area contributed by atoms with Crippen LogP contribution in [0.4, 0.5) is 5.82 Å². The van der Waals surface area contributed by atoms with E-state index in [2.05, 4.69) is 20.3 Å². The standard InChI is InChI=1S/C14H17N5O2/c1-9-15-7-10(14(21)17-9)6-13(20)18-12-8-16-11-4-2-3-5-19(11)12/h7-8H,2-6H2,1H3,(H,18,20)(H,15,17,21). The number of aromatic amines is 1. The van der Waals surface area contributed by atoms with Crippen molar-refractivity contribution in [1.29, 1.82) is 0 Å². The summed E-state index contributed by atoms with van der Waals surface area (Å²) >= 11 is 0. The number of amides is 1. The summed E-state index contributed by atoms with van der Waals surface area (Å²) in [5.41, 5.74) is 0.0875. The van der Waals surface area contributed by atoms with Crippen molar-refractivity contribution in [2.75, 3.05) is 5.32 Å². The molecule has 2 aromatic heterocycles. The fraction of sp³-hybridized carbons (Fsp3) is 0.429. The molecule has 7 heteroatoms. The Balaban J connectivity index is 1.72. The van der Waals surface area contributed by atoms with Gasteiger partial charge < -0.3 is 14.9 Å². The smallest absolute Gasteiger partial charge is 0.254 e. The van der Waals surface area contributed by atoms with Crippen LogP contribution in [-0.4, -0.2) is 25.4 Å². The highest BCUT2D eigenvalue weighted by atomic mass is 16.2. The number of hydrogen-bond donors (Lipinski definition) is 2. The first-order chi connectivity index (χ1) is 10.1. The molecule has 7 nitrogen and oxygen atoms in total. The van der Waals surface area contributed by atoms with Gasteiger partial charge in [0.05, 0.1) is 12.6 Å². The van der Waals surface area contributed by atoms with Crippen LogP contribution >= 0.6 is 0 Å². The van der Waals surface area contributed by atoms with Crippen LogP contribution in [0, 0.1) is 6.92 Å². The Morgan fingerprint density at radius 3 is 3.05 bits per heavy atom. The molecule has 0 unspecified atom stereocenters. The van der Waals surface area contributed by atoms with E-state index in [-0.39, 0.29) is 17.9 Å². The van der Waals surface area contributed by atoms with Gasteiger partial charge in [-0.05, 0) is 19.8 Å². The number of aromatic nitrogens is 4. The van der Waals surface area contributed by atoms with Crippen LogP contribution in [0.15, 0.2) is 17.2 Å². The first kappa shape index (κ1) is 13.5. The molecule has 0 aromatic carbocycles. The zero-order valence-electron chi connectivity index (χ0n) is 11.8. The number of carbonyl (C=O) groups excluding carboxylic acids is 1. The van der Waals surface area contributed by atoms with Crippen molar-refractivity contribution in [2.45, 2.75) is 39.2 Å². The summed E-state index contributed by atoms with van der Waals surface area (Å²) in [6, 6.07) is 0. The first-order valence-corrected chi connectivity index (χ1v) is 7.02. The Kier molecular flexibility index (Phi) is 3.55. The fourth-order valence-electron chi connectivity index (χ4n) is 2.51. The molecule has 0 radical (unpaired) electrons. The maximum Gasteiger partial charge on any atom is 0.254 e. The van der Waals surface area contributed by atoms with E-state index in [0.29, 0.717) is 17.2 Å². The molecule has 3 rings (SSSR count). The average Bonchev–Trinajstić information content (AvgIpc) is 2.85. The fourth-order valence-corrected chi connectivity index (χ4v) is 2.51. The van der Waals surface area contributed by atoms with E-state index in [1.165, 1.54) is 6.20 Å². The Bertz CT molecular complexity index is 731. The molecule has 110 valence electrons. The number of anilines is 1. The van der Waals surface area contributed by atoms with Gasteiger partial charge in [0.1, 0.15) is 17.5 Å². The van der Waals surface area contributed by atoms with Crippen molar-refractivity contribution in [3.63, 3.8) is 0 Å². The van der Waals surface area contributed by atoms with Crippen molar-refractivity contribution in [1.82, 2.24) is 19.5 Å². The predicted molar refractivity (Wildman–Crippen MR) is 77.1 cm³/mol. The Morgan fingerprint density at radius 1 is 1.38 bits per heavy atom. The molecule has 0 saturated carbocycles. The van der Waals surface area contributed by atoms with E-state index >= 15 is 0 Å². The van der Waals surface area contributed by atoms with Gasteiger partial charge in [-0.2, -0.15) is 0 Å². The molecule has 0 atom stereocenters. The highest BCUT2D eigenvalue weighted by Crippen LogP contribution is 2.19. The summed E-state index contributed by atoms with van der Waals surface area (Å²) in [6.07, 6.45) is 6.29. The molecular formula is C14H17N5O2. The maximum atomic E-state index is 12.1. The predicted octanol–water partition coefficient (Wildman–Crippen LogP) is 0.792. The lowest BCUT2D eigenvalue weighted by Gasteiger charge is -2.16. The van der Waals surface area contributed by atoms with Crippen LogP contribution in [0.1, 0.15) is 30.1 Å². The average molecular weight is 287 g/mol. The van der Waals surface area contributed by atoms with E-state index in [4.69, 9.17) is 0 Å². The minimum Gasteiger partial charge on any atom is -0.315 e. The molecule has 0 saturated heterocycles. The van der Waals surface area contributed by atoms with Crippen LogP contribution in [0.5, 0.6) is 0 Å². The number of imidazole rings is 1. The first-order valence-electron chi connectivity index (χ1n) is 7.02. The minimum atomic E-state index is -0.270. The summed E-state index contributed by atoms with van der Waals surface area (Å²) in [5.74, 6) is 2.01. The van der Waals surface area contributed by atoms with E-state index in [1.54, 1.807) is 13.1 Å². The van der Waals surface area contributed by atoms with E-state index < -0.39 is 0 Å². The van der Waals surface area contributed by atoms with Gasteiger partial charge >= 0.3 is 0 Å². The summed E-state index contributed by atoms with van der Waals surface area (Å²) in [6.45, 7) is 2.57. The molecule has 0 aliphatic carbocycles. The quantitative estimate of drug-likeness (QED) is 0.873. The van der Waals surface area contributed by atoms with Gasteiger partial charge in [-0.3, -0.25) is 9.59 Å². The van der Waals surface area contributed by atoms with Gasteiger partial charge in [0.25, 0.3) is 5.56 Å². The van der Waals surface area contributed by atoms with Crippen LogP contribution in [0.2, 0.25) is 0 Å². The molecule has 0 spiro atoms. The molecule has 3 heterocycles. The number of hydrogen-bond acceptors (Lipinski definition) is 4. The topological polar surface area (TPSA) is 92.7 Å². The SMILES string of the molecule is Cc1ncc(CC(=O)Nc2cnc3n2CCCC3)c(=O)[nH]1. The van der Waals surface area contributed by atoms with Crippen molar-refractivity contribution in [3.05, 3.63) is 40.0 Å². The number of nitrogens with one attached hydrogen (secondary N) is 2. The molecule has 0 bridgehead atoms. The Labute approximate surface area is 121 Å². The molecular weight excluding hydrogens is 270 g/mol. The lowest BCUT2D eigenvalue weighted by molar-refractivity contribution is -0.115. The highest BCUT2D eigenvalue weighted by molar-refractivity contribution is 5.91. The molecule has 2 aromatic rings. The van der Waals surface area contributed by atoms with Crippen LogP contribution in [0.25, 0.3) is 0 Å². The second-order valence-corrected chi connectivity index (χ2v) is 5.22. The normalized spacial score (nSPS) is 13.8. The third-order valence-corrected chi connectivity index (χ3v) is 3.59. The zero-order chi connectivity index (χ0) is 14.8. The lowest BCUT2D eigenvalue weighted by atomic mass is 10.2. The summed E-state index contributed by atoms with van der Waals surface area (Å²) in [4.78, 5) is 34.7. The van der Waals surface area contributed by atoms with Crippen molar-refractivity contribution < 1.29 is 4.79 Å². The van der Waals surface area contributed by atoms with Crippen molar-refractivity contribution >= 4 is 11.7 Å². The number of nitrogens with zero attached hydrogens (tertiary/aromatic N) is 3. The van der Waals surface area contributed by atoms with Crippen LogP contribution in [-0.2, 0) is 24.2 Å². The Morgan fingerprint density at radius 2 is 2.24 bits per heavy atom. The zero-order valence-corrected chi connectivity index (χ0v) is 11.8. The molecule has 1 aliphatic heterocycles. The third kappa shape index (κ3) is 2.86. The Hall–Kier alpha value is -2.44. The van der Waals surface area contributed by atoms with Crippen LogP contribution in [0.3, 0.4) is 0 Å². The molecule has 1 aliphatic rings. The molecule has 21 heavy (non-hydrogen) atoms. The van der Waals surface area contributed by atoms with E-state index in [1.807, 2.05) is 4.57 Å². The monoisotopic (exact) mass is 287 g/mol. The number of fused-ring (bicyclic) bond motifs is 1. The second-order valence-electron chi connectivity index (χ2n) is 5.22.